The average molecular weight is 417 g/mol. The van der Waals surface area contributed by atoms with Gasteiger partial charge in [0.2, 0.25) is 11.8 Å². The first-order valence-corrected chi connectivity index (χ1v) is 10.2. The smallest absolute Gasteiger partial charge is 0.277 e. The van der Waals surface area contributed by atoms with E-state index in [1.54, 1.807) is 12.1 Å². The van der Waals surface area contributed by atoms with Crippen LogP contribution in [-0.2, 0) is 4.79 Å². The summed E-state index contributed by atoms with van der Waals surface area (Å²) in [6.07, 6.45) is 0.864. The molecule has 0 saturated carbocycles. The van der Waals surface area contributed by atoms with Gasteiger partial charge in [-0.2, -0.15) is 0 Å². The van der Waals surface area contributed by atoms with Crippen molar-refractivity contribution in [1.29, 1.82) is 0 Å². The van der Waals surface area contributed by atoms with E-state index in [4.69, 9.17) is 16.0 Å². The SMILES string of the molecule is CN(CCCNC(=O)CSc1nnc(-c2ccc(Cl)cc2)o1)c1ccccc1. The highest BCUT2D eigenvalue weighted by molar-refractivity contribution is 7.99. The Hall–Kier alpha value is -2.51. The summed E-state index contributed by atoms with van der Waals surface area (Å²) in [7, 11) is 2.04. The van der Waals surface area contributed by atoms with E-state index in [0.717, 1.165) is 24.2 Å². The van der Waals surface area contributed by atoms with Crippen LogP contribution in [0.1, 0.15) is 6.42 Å². The summed E-state index contributed by atoms with van der Waals surface area (Å²) in [6, 6.07) is 17.3. The van der Waals surface area contributed by atoms with Gasteiger partial charge < -0.3 is 14.6 Å². The first-order chi connectivity index (χ1) is 13.6. The predicted molar refractivity (Wildman–Crippen MR) is 113 cm³/mol. The van der Waals surface area contributed by atoms with Gasteiger partial charge in [-0.15, -0.1) is 10.2 Å². The van der Waals surface area contributed by atoms with E-state index >= 15 is 0 Å². The molecule has 0 unspecified atom stereocenters. The zero-order chi connectivity index (χ0) is 19.8. The Kier molecular flexibility index (Phi) is 7.33. The van der Waals surface area contributed by atoms with Crippen molar-refractivity contribution in [2.24, 2.45) is 0 Å². The fourth-order valence-electron chi connectivity index (χ4n) is 2.51. The van der Waals surface area contributed by atoms with Crippen molar-refractivity contribution in [1.82, 2.24) is 15.5 Å². The molecule has 1 heterocycles. The van der Waals surface area contributed by atoms with E-state index in [9.17, 15) is 4.79 Å². The second kappa shape index (κ2) is 10.1. The van der Waals surface area contributed by atoms with Crippen LogP contribution in [0.15, 0.2) is 64.2 Å². The lowest BCUT2D eigenvalue weighted by atomic mass is 10.2. The largest absolute Gasteiger partial charge is 0.411 e. The number of hydrogen-bond acceptors (Lipinski definition) is 6. The first kappa shape index (κ1) is 20.2. The Labute approximate surface area is 173 Å². The van der Waals surface area contributed by atoms with Crippen molar-refractivity contribution in [3.8, 4) is 11.5 Å². The fraction of sp³-hybridized carbons (Fsp3) is 0.250. The Morgan fingerprint density at radius 3 is 2.64 bits per heavy atom. The minimum absolute atomic E-state index is 0.0568. The molecule has 0 bridgehead atoms. The van der Waals surface area contributed by atoms with E-state index in [0.29, 0.717) is 22.7 Å². The second-order valence-electron chi connectivity index (χ2n) is 6.13. The maximum atomic E-state index is 12.0. The van der Waals surface area contributed by atoms with E-state index in [-0.39, 0.29) is 11.7 Å². The van der Waals surface area contributed by atoms with Gasteiger partial charge in [0, 0.05) is 36.4 Å². The molecule has 8 heteroatoms. The van der Waals surface area contributed by atoms with Gasteiger partial charge in [0.1, 0.15) is 0 Å². The van der Waals surface area contributed by atoms with E-state index in [2.05, 4.69) is 32.5 Å². The van der Waals surface area contributed by atoms with Gasteiger partial charge in [0.25, 0.3) is 5.22 Å². The predicted octanol–water partition coefficient (Wildman–Crippen LogP) is 4.12. The zero-order valence-electron chi connectivity index (χ0n) is 15.5. The number of rotatable bonds is 9. The lowest BCUT2D eigenvalue weighted by Gasteiger charge is -2.19. The summed E-state index contributed by atoms with van der Waals surface area (Å²) in [4.78, 5) is 14.2. The van der Waals surface area contributed by atoms with Gasteiger partial charge in [-0.05, 0) is 42.8 Å². The molecular formula is C20H21ClN4O2S. The molecule has 1 N–H and O–H groups in total. The average Bonchev–Trinajstić information content (AvgIpc) is 3.20. The van der Waals surface area contributed by atoms with Crippen LogP contribution >= 0.6 is 23.4 Å². The van der Waals surface area contributed by atoms with Crippen LogP contribution in [0.25, 0.3) is 11.5 Å². The van der Waals surface area contributed by atoms with E-state index in [1.165, 1.54) is 11.8 Å². The summed E-state index contributed by atoms with van der Waals surface area (Å²) in [5.74, 6) is 0.582. The van der Waals surface area contributed by atoms with Crippen LogP contribution in [0.5, 0.6) is 0 Å². The number of aromatic nitrogens is 2. The quantitative estimate of drug-likeness (QED) is 0.418. The summed E-state index contributed by atoms with van der Waals surface area (Å²) in [5, 5.41) is 11.9. The van der Waals surface area contributed by atoms with Crippen LogP contribution in [0.3, 0.4) is 0 Å². The molecule has 1 amide bonds. The van der Waals surface area contributed by atoms with Gasteiger partial charge in [0.15, 0.2) is 0 Å². The molecule has 146 valence electrons. The standard InChI is InChI=1S/C20H21ClN4O2S/c1-25(17-6-3-2-4-7-17)13-5-12-22-18(26)14-28-20-24-23-19(27-20)15-8-10-16(21)11-9-15/h2-4,6-11H,5,12-14H2,1H3,(H,22,26). The van der Waals surface area contributed by atoms with Crippen molar-refractivity contribution in [2.45, 2.75) is 11.6 Å². The molecule has 28 heavy (non-hydrogen) atoms. The molecule has 0 saturated heterocycles. The Balaban J connectivity index is 1.36. The first-order valence-electron chi connectivity index (χ1n) is 8.87. The number of benzene rings is 2. The van der Waals surface area contributed by atoms with Crippen LogP contribution in [0.4, 0.5) is 5.69 Å². The number of para-hydroxylation sites is 1. The molecule has 0 fully saturated rings. The normalized spacial score (nSPS) is 10.6. The molecule has 0 aliphatic heterocycles. The van der Waals surface area contributed by atoms with Gasteiger partial charge in [-0.25, -0.2) is 0 Å². The van der Waals surface area contributed by atoms with Crippen LogP contribution < -0.4 is 10.2 Å². The van der Waals surface area contributed by atoms with Crippen molar-refractivity contribution >= 4 is 35.0 Å². The summed E-state index contributed by atoms with van der Waals surface area (Å²) >= 11 is 7.09. The van der Waals surface area contributed by atoms with Crippen molar-refractivity contribution < 1.29 is 9.21 Å². The molecule has 3 rings (SSSR count). The highest BCUT2D eigenvalue weighted by Gasteiger charge is 2.11. The number of halogens is 1. The fourth-order valence-corrected chi connectivity index (χ4v) is 3.23. The van der Waals surface area contributed by atoms with Gasteiger partial charge in [-0.1, -0.05) is 41.6 Å². The van der Waals surface area contributed by atoms with Crippen molar-refractivity contribution in [2.75, 3.05) is 30.8 Å². The van der Waals surface area contributed by atoms with Gasteiger partial charge in [-0.3, -0.25) is 4.79 Å². The van der Waals surface area contributed by atoms with Crippen LogP contribution in [-0.4, -0.2) is 42.0 Å². The Morgan fingerprint density at radius 2 is 1.89 bits per heavy atom. The highest BCUT2D eigenvalue weighted by Crippen LogP contribution is 2.24. The van der Waals surface area contributed by atoms with Crippen molar-refractivity contribution in [3.63, 3.8) is 0 Å². The minimum Gasteiger partial charge on any atom is -0.411 e. The van der Waals surface area contributed by atoms with Crippen LogP contribution in [0, 0.1) is 0 Å². The minimum atomic E-state index is -0.0568. The summed E-state index contributed by atoms with van der Waals surface area (Å²) in [5.41, 5.74) is 1.95. The number of thioether (sulfide) groups is 1. The van der Waals surface area contributed by atoms with E-state index < -0.39 is 0 Å². The molecule has 0 aliphatic rings. The molecule has 0 spiro atoms. The molecular weight excluding hydrogens is 396 g/mol. The highest BCUT2D eigenvalue weighted by atomic mass is 35.5. The molecule has 6 nitrogen and oxygen atoms in total. The number of nitrogens with zero attached hydrogens (tertiary/aromatic N) is 3. The molecule has 3 aromatic rings. The molecule has 1 aromatic heterocycles. The monoisotopic (exact) mass is 416 g/mol. The third-order valence-corrected chi connectivity index (χ3v) is 5.08. The summed E-state index contributed by atoms with van der Waals surface area (Å²) in [6.45, 7) is 1.49. The number of anilines is 1. The lowest BCUT2D eigenvalue weighted by Crippen LogP contribution is -2.29. The maximum Gasteiger partial charge on any atom is 0.277 e. The number of hydrogen-bond donors (Lipinski definition) is 1. The molecule has 0 radical (unpaired) electrons. The van der Waals surface area contributed by atoms with Gasteiger partial charge >= 0.3 is 0 Å². The topological polar surface area (TPSA) is 71.3 Å². The molecule has 0 atom stereocenters. The van der Waals surface area contributed by atoms with E-state index in [1.807, 2.05) is 37.4 Å². The number of carbonyl (C=O) groups excluding carboxylic acids is 1. The third-order valence-electron chi connectivity index (χ3n) is 4.01. The summed E-state index contributed by atoms with van der Waals surface area (Å²) < 4.78 is 5.58. The number of carbonyl (C=O) groups is 1. The Morgan fingerprint density at radius 1 is 1.14 bits per heavy atom. The molecule has 0 aliphatic carbocycles. The second-order valence-corrected chi connectivity index (χ2v) is 7.49. The van der Waals surface area contributed by atoms with Gasteiger partial charge in [0.05, 0.1) is 5.75 Å². The number of amides is 1. The lowest BCUT2D eigenvalue weighted by molar-refractivity contribution is -0.118. The van der Waals surface area contributed by atoms with Crippen LogP contribution in [0.2, 0.25) is 5.02 Å². The number of nitrogens with one attached hydrogen (secondary N) is 1. The molecule has 2 aromatic carbocycles. The van der Waals surface area contributed by atoms with Crippen molar-refractivity contribution in [3.05, 3.63) is 59.6 Å². The maximum absolute atomic E-state index is 12.0. The third kappa shape index (κ3) is 6.00. The zero-order valence-corrected chi connectivity index (χ0v) is 17.0. The Bertz CT molecular complexity index is 887.